The second-order valence-electron chi connectivity index (χ2n) is 5.44. The molecule has 21 heavy (non-hydrogen) atoms. The van der Waals surface area contributed by atoms with E-state index in [4.69, 9.17) is 9.47 Å². The van der Waals surface area contributed by atoms with Crippen LogP contribution in [0.3, 0.4) is 0 Å². The van der Waals surface area contributed by atoms with Crippen LogP contribution in [-0.2, 0) is 19.1 Å². The Balaban J connectivity index is 1.67. The van der Waals surface area contributed by atoms with Gasteiger partial charge >= 0.3 is 5.97 Å². The minimum atomic E-state index is -0.627. The van der Waals surface area contributed by atoms with Crippen molar-refractivity contribution in [3.05, 3.63) is 29.8 Å². The van der Waals surface area contributed by atoms with Gasteiger partial charge in [-0.15, -0.1) is 0 Å². The van der Waals surface area contributed by atoms with Gasteiger partial charge in [0.15, 0.2) is 12.7 Å². The third-order valence-electron chi connectivity index (χ3n) is 3.29. The van der Waals surface area contributed by atoms with Crippen molar-refractivity contribution in [2.24, 2.45) is 5.92 Å². The summed E-state index contributed by atoms with van der Waals surface area (Å²) in [7, 11) is 0. The standard InChI is InChI=1S/C16H21NO4/c1-11-3-7-14(8-4-11)17-15(18)10-21-16(19)12(2)20-9-13-5-6-13/h3-4,7-8,12-13H,5-6,9-10H2,1-2H3,(H,17,18). The summed E-state index contributed by atoms with van der Waals surface area (Å²) in [5, 5.41) is 2.67. The van der Waals surface area contributed by atoms with E-state index in [2.05, 4.69) is 5.32 Å². The maximum atomic E-state index is 11.7. The average Bonchev–Trinajstić information content (AvgIpc) is 3.29. The summed E-state index contributed by atoms with van der Waals surface area (Å²) in [4.78, 5) is 23.3. The summed E-state index contributed by atoms with van der Waals surface area (Å²) in [6.45, 7) is 3.90. The zero-order valence-corrected chi connectivity index (χ0v) is 12.4. The Hall–Kier alpha value is -1.88. The molecule has 114 valence electrons. The molecule has 1 aromatic carbocycles. The molecule has 1 N–H and O–H groups in total. The van der Waals surface area contributed by atoms with Crippen LogP contribution < -0.4 is 5.32 Å². The van der Waals surface area contributed by atoms with Crippen molar-refractivity contribution in [1.29, 1.82) is 0 Å². The lowest BCUT2D eigenvalue weighted by Gasteiger charge is -2.12. The van der Waals surface area contributed by atoms with Gasteiger partial charge in [-0.05, 0) is 44.7 Å². The molecule has 1 atom stereocenters. The molecule has 0 aliphatic heterocycles. The Morgan fingerprint density at radius 2 is 1.95 bits per heavy atom. The van der Waals surface area contributed by atoms with E-state index in [1.54, 1.807) is 19.1 Å². The Morgan fingerprint density at radius 3 is 2.57 bits per heavy atom. The van der Waals surface area contributed by atoms with Crippen LogP contribution in [0, 0.1) is 12.8 Å². The van der Waals surface area contributed by atoms with Crippen LogP contribution in [0.4, 0.5) is 5.69 Å². The Kier molecular flexibility index (Phi) is 5.33. The molecule has 5 heteroatoms. The van der Waals surface area contributed by atoms with E-state index < -0.39 is 12.1 Å². The zero-order chi connectivity index (χ0) is 15.2. The number of hydrogen-bond donors (Lipinski definition) is 1. The van der Waals surface area contributed by atoms with E-state index in [0.717, 1.165) is 5.56 Å². The zero-order valence-electron chi connectivity index (χ0n) is 12.4. The summed E-state index contributed by atoms with van der Waals surface area (Å²) in [6, 6.07) is 7.40. The second-order valence-corrected chi connectivity index (χ2v) is 5.44. The van der Waals surface area contributed by atoms with Crippen LogP contribution in [0.2, 0.25) is 0 Å². The highest BCUT2D eigenvalue weighted by atomic mass is 16.6. The van der Waals surface area contributed by atoms with Gasteiger partial charge in [0, 0.05) is 5.69 Å². The SMILES string of the molecule is Cc1ccc(NC(=O)COC(=O)C(C)OCC2CC2)cc1. The molecule has 0 spiro atoms. The molecule has 0 aromatic heterocycles. The number of nitrogens with one attached hydrogen (secondary N) is 1. The number of rotatable bonds is 7. The topological polar surface area (TPSA) is 64.6 Å². The van der Waals surface area contributed by atoms with Crippen LogP contribution >= 0.6 is 0 Å². The Bertz CT molecular complexity index is 494. The molecule has 1 aliphatic carbocycles. The number of carbonyl (C=O) groups excluding carboxylic acids is 2. The van der Waals surface area contributed by atoms with Crippen LogP contribution in [-0.4, -0.2) is 31.2 Å². The van der Waals surface area contributed by atoms with Crippen molar-refractivity contribution in [3.8, 4) is 0 Å². The van der Waals surface area contributed by atoms with E-state index in [1.165, 1.54) is 12.8 Å². The van der Waals surface area contributed by atoms with Crippen molar-refractivity contribution < 1.29 is 19.1 Å². The highest BCUT2D eigenvalue weighted by molar-refractivity contribution is 5.93. The lowest BCUT2D eigenvalue weighted by molar-refractivity contribution is -0.158. The van der Waals surface area contributed by atoms with Gasteiger partial charge < -0.3 is 14.8 Å². The quantitative estimate of drug-likeness (QED) is 0.783. The predicted octanol–water partition coefficient (Wildman–Crippen LogP) is 2.29. The smallest absolute Gasteiger partial charge is 0.335 e. The van der Waals surface area contributed by atoms with Crippen LogP contribution in [0.15, 0.2) is 24.3 Å². The van der Waals surface area contributed by atoms with E-state index in [0.29, 0.717) is 18.2 Å². The number of esters is 1. The van der Waals surface area contributed by atoms with Gasteiger partial charge in [-0.2, -0.15) is 0 Å². The first-order valence-corrected chi connectivity index (χ1v) is 7.19. The minimum absolute atomic E-state index is 0.302. The maximum Gasteiger partial charge on any atom is 0.335 e. The van der Waals surface area contributed by atoms with E-state index >= 15 is 0 Å². The van der Waals surface area contributed by atoms with Gasteiger partial charge in [-0.1, -0.05) is 17.7 Å². The van der Waals surface area contributed by atoms with Gasteiger partial charge in [0.05, 0.1) is 6.61 Å². The van der Waals surface area contributed by atoms with Gasteiger partial charge in [-0.25, -0.2) is 4.79 Å². The molecule has 0 radical (unpaired) electrons. The number of amides is 1. The monoisotopic (exact) mass is 291 g/mol. The van der Waals surface area contributed by atoms with Gasteiger partial charge in [0.1, 0.15) is 0 Å². The highest BCUT2D eigenvalue weighted by Crippen LogP contribution is 2.29. The van der Waals surface area contributed by atoms with Crippen molar-refractivity contribution in [2.75, 3.05) is 18.5 Å². The summed E-state index contributed by atoms with van der Waals surface area (Å²) >= 11 is 0. The molecule has 0 saturated heterocycles. The van der Waals surface area contributed by atoms with Gasteiger partial charge in [0.25, 0.3) is 5.91 Å². The van der Waals surface area contributed by atoms with Gasteiger partial charge in [-0.3, -0.25) is 4.79 Å². The number of hydrogen-bond acceptors (Lipinski definition) is 4. The minimum Gasteiger partial charge on any atom is -0.454 e. The first-order valence-electron chi connectivity index (χ1n) is 7.19. The Morgan fingerprint density at radius 1 is 1.29 bits per heavy atom. The molecular formula is C16H21NO4. The summed E-state index contributed by atoms with van der Waals surface area (Å²) in [6.07, 6.45) is 1.71. The molecule has 1 unspecified atom stereocenters. The second kappa shape index (κ2) is 7.22. The third-order valence-corrected chi connectivity index (χ3v) is 3.29. The van der Waals surface area contributed by atoms with Crippen LogP contribution in [0.25, 0.3) is 0 Å². The fourth-order valence-electron chi connectivity index (χ4n) is 1.72. The molecule has 1 aromatic rings. The van der Waals surface area contributed by atoms with Crippen molar-refractivity contribution in [1.82, 2.24) is 0 Å². The van der Waals surface area contributed by atoms with Crippen LogP contribution in [0.5, 0.6) is 0 Å². The number of benzene rings is 1. The molecular weight excluding hydrogens is 270 g/mol. The molecule has 1 fully saturated rings. The number of carbonyl (C=O) groups is 2. The van der Waals surface area contributed by atoms with Crippen LogP contribution in [0.1, 0.15) is 25.3 Å². The molecule has 1 amide bonds. The highest BCUT2D eigenvalue weighted by Gasteiger charge is 2.24. The van der Waals surface area contributed by atoms with Crippen molar-refractivity contribution in [2.45, 2.75) is 32.8 Å². The molecule has 1 saturated carbocycles. The summed E-state index contributed by atoms with van der Waals surface area (Å²) in [5.41, 5.74) is 1.79. The number of anilines is 1. The molecule has 2 rings (SSSR count). The van der Waals surface area contributed by atoms with Crippen molar-refractivity contribution >= 4 is 17.6 Å². The predicted molar refractivity (Wildman–Crippen MR) is 78.9 cm³/mol. The van der Waals surface area contributed by atoms with Gasteiger partial charge in [0.2, 0.25) is 0 Å². The summed E-state index contributed by atoms with van der Waals surface area (Å²) < 4.78 is 10.3. The summed E-state index contributed by atoms with van der Waals surface area (Å²) in [5.74, 6) is -0.276. The average molecular weight is 291 g/mol. The van der Waals surface area contributed by atoms with E-state index in [-0.39, 0.29) is 12.5 Å². The first-order chi connectivity index (χ1) is 10.0. The normalized spacial score (nSPS) is 15.3. The lowest BCUT2D eigenvalue weighted by atomic mass is 10.2. The largest absolute Gasteiger partial charge is 0.454 e. The fraction of sp³-hybridized carbons (Fsp3) is 0.500. The maximum absolute atomic E-state index is 11.7. The van der Waals surface area contributed by atoms with Crippen molar-refractivity contribution in [3.63, 3.8) is 0 Å². The van der Waals surface area contributed by atoms with E-state index in [1.807, 2.05) is 19.1 Å². The lowest BCUT2D eigenvalue weighted by Crippen LogP contribution is -2.28. The first kappa shape index (κ1) is 15.5. The molecule has 0 bridgehead atoms. The fourth-order valence-corrected chi connectivity index (χ4v) is 1.72. The third kappa shape index (κ3) is 5.55. The number of ether oxygens (including phenoxy) is 2. The Labute approximate surface area is 124 Å². The molecule has 5 nitrogen and oxygen atoms in total. The van der Waals surface area contributed by atoms with E-state index in [9.17, 15) is 9.59 Å². The molecule has 0 heterocycles. The number of aryl methyl sites for hydroxylation is 1. The molecule has 1 aliphatic rings.